The summed E-state index contributed by atoms with van der Waals surface area (Å²) in [5, 5.41) is 4.20. The van der Waals surface area contributed by atoms with Gasteiger partial charge in [-0.2, -0.15) is 0 Å². The van der Waals surface area contributed by atoms with Crippen LogP contribution in [-0.4, -0.2) is 50.1 Å². The van der Waals surface area contributed by atoms with E-state index in [1.54, 1.807) is 6.26 Å². The highest BCUT2D eigenvalue weighted by Crippen LogP contribution is 2.28. The Hall–Kier alpha value is -2.79. The predicted molar refractivity (Wildman–Crippen MR) is 118 cm³/mol. The third kappa shape index (κ3) is 4.46. The zero-order valence-corrected chi connectivity index (χ0v) is 17.2. The second-order valence-corrected chi connectivity index (χ2v) is 7.98. The number of anilines is 1. The molecule has 1 aromatic heterocycles. The van der Waals surface area contributed by atoms with Crippen molar-refractivity contribution in [1.82, 2.24) is 10.2 Å². The molecule has 2 aromatic carbocycles. The van der Waals surface area contributed by atoms with Crippen LogP contribution in [0.25, 0.3) is 11.0 Å². The lowest BCUT2D eigenvalue weighted by Crippen LogP contribution is -2.48. The third-order valence-electron chi connectivity index (χ3n) is 5.72. The van der Waals surface area contributed by atoms with Crippen molar-refractivity contribution in [3.05, 3.63) is 65.9 Å². The zero-order chi connectivity index (χ0) is 20.2. The van der Waals surface area contributed by atoms with Gasteiger partial charge in [-0.3, -0.25) is 9.69 Å². The highest BCUT2D eigenvalue weighted by atomic mass is 16.3. The van der Waals surface area contributed by atoms with Crippen molar-refractivity contribution >= 4 is 22.6 Å². The maximum atomic E-state index is 12.4. The van der Waals surface area contributed by atoms with Crippen LogP contribution in [0.3, 0.4) is 0 Å². The quantitative estimate of drug-likeness (QED) is 0.687. The molecule has 5 heteroatoms. The number of nitrogens with one attached hydrogen (secondary N) is 1. The fraction of sp³-hybridized carbons (Fsp3) is 0.375. The van der Waals surface area contributed by atoms with E-state index in [0.29, 0.717) is 12.5 Å². The molecule has 0 bridgehead atoms. The van der Waals surface area contributed by atoms with Gasteiger partial charge in [0.1, 0.15) is 0 Å². The first kappa shape index (κ1) is 19.5. The molecular formula is C24H29N3O2. The van der Waals surface area contributed by atoms with Crippen LogP contribution in [0.2, 0.25) is 0 Å². The van der Waals surface area contributed by atoms with Crippen molar-refractivity contribution < 1.29 is 9.21 Å². The summed E-state index contributed by atoms with van der Waals surface area (Å²) in [4.78, 5) is 17.1. The number of rotatable bonds is 6. The Balaban J connectivity index is 1.24. The number of hydrogen-bond acceptors (Lipinski definition) is 4. The van der Waals surface area contributed by atoms with Gasteiger partial charge in [0.05, 0.1) is 12.0 Å². The van der Waals surface area contributed by atoms with E-state index in [9.17, 15) is 4.79 Å². The summed E-state index contributed by atoms with van der Waals surface area (Å²) in [6, 6.07) is 16.2. The molecule has 4 rings (SSSR count). The number of hydrogen-bond donors (Lipinski definition) is 1. The first-order valence-electron chi connectivity index (χ1n) is 10.4. The Bertz CT molecular complexity index is 954. The van der Waals surface area contributed by atoms with E-state index in [2.05, 4.69) is 47.2 Å². The lowest BCUT2D eigenvalue weighted by Gasteiger charge is -2.36. The molecule has 152 valence electrons. The first-order valence-corrected chi connectivity index (χ1v) is 10.4. The van der Waals surface area contributed by atoms with Gasteiger partial charge in [-0.15, -0.1) is 0 Å². The maximum Gasteiger partial charge on any atom is 0.251 e. The van der Waals surface area contributed by atoms with E-state index in [4.69, 9.17) is 4.42 Å². The Labute approximate surface area is 172 Å². The van der Waals surface area contributed by atoms with Gasteiger partial charge in [-0.25, -0.2) is 0 Å². The summed E-state index contributed by atoms with van der Waals surface area (Å²) in [6.45, 7) is 9.74. The van der Waals surface area contributed by atoms with Crippen LogP contribution in [0.5, 0.6) is 0 Å². The molecule has 2 heterocycles. The molecule has 0 radical (unpaired) electrons. The van der Waals surface area contributed by atoms with Gasteiger partial charge >= 0.3 is 0 Å². The second kappa shape index (κ2) is 8.70. The van der Waals surface area contributed by atoms with Crippen molar-refractivity contribution in [2.24, 2.45) is 0 Å². The molecule has 0 spiro atoms. The Morgan fingerprint density at radius 2 is 1.79 bits per heavy atom. The van der Waals surface area contributed by atoms with Crippen molar-refractivity contribution in [3.8, 4) is 0 Å². The van der Waals surface area contributed by atoms with Gasteiger partial charge in [0.25, 0.3) is 5.91 Å². The summed E-state index contributed by atoms with van der Waals surface area (Å²) in [5.41, 5.74) is 4.12. The van der Waals surface area contributed by atoms with Gasteiger partial charge < -0.3 is 14.6 Å². The third-order valence-corrected chi connectivity index (χ3v) is 5.72. The largest absolute Gasteiger partial charge is 0.462 e. The fourth-order valence-electron chi connectivity index (χ4n) is 3.89. The van der Waals surface area contributed by atoms with Crippen molar-refractivity contribution in [2.75, 3.05) is 44.2 Å². The van der Waals surface area contributed by atoms with Crippen LogP contribution in [0.4, 0.5) is 5.69 Å². The van der Waals surface area contributed by atoms with Crippen LogP contribution in [-0.2, 0) is 0 Å². The molecule has 1 N–H and O–H groups in total. The summed E-state index contributed by atoms with van der Waals surface area (Å²) >= 11 is 0. The summed E-state index contributed by atoms with van der Waals surface area (Å²) in [5.74, 6) is 0.481. The lowest BCUT2D eigenvalue weighted by molar-refractivity contribution is 0.0947. The van der Waals surface area contributed by atoms with Crippen molar-refractivity contribution in [1.29, 1.82) is 0 Å². The van der Waals surface area contributed by atoms with Crippen LogP contribution in [0, 0.1) is 0 Å². The van der Waals surface area contributed by atoms with E-state index in [-0.39, 0.29) is 5.91 Å². The Kier molecular flexibility index (Phi) is 5.86. The standard InChI is InChI=1S/C24H29N3O2/c1-18(2)19-6-8-21(9-7-19)24(28)25-11-12-26-13-15-27(16-14-26)22-5-3-4-20-10-17-29-23(20)22/h3-10,17-18H,11-16H2,1-2H3,(H,25,28). The topological polar surface area (TPSA) is 48.7 Å². The number of nitrogens with zero attached hydrogens (tertiary/aromatic N) is 2. The number of benzene rings is 2. The lowest BCUT2D eigenvalue weighted by atomic mass is 10.0. The maximum absolute atomic E-state index is 12.4. The number of fused-ring (bicyclic) bond motifs is 1. The molecule has 0 atom stereocenters. The van der Waals surface area contributed by atoms with E-state index in [0.717, 1.165) is 49.3 Å². The number of carbonyl (C=O) groups excluding carboxylic acids is 1. The number of amides is 1. The molecule has 3 aromatic rings. The average Bonchev–Trinajstić information content (AvgIpc) is 3.23. The molecule has 1 saturated heterocycles. The van der Waals surface area contributed by atoms with E-state index in [1.807, 2.05) is 30.3 Å². The monoisotopic (exact) mass is 391 g/mol. The minimum atomic E-state index is 0.00318. The Morgan fingerprint density at radius 3 is 2.52 bits per heavy atom. The van der Waals surface area contributed by atoms with Gasteiger partial charge in [-0.1, -0.05) is 38.1 Å². The normalized spacial score (nSPS) is 15.2. The molecule has 1 fully saturated rings. The molecule has 5 nitrogen and oxygen atoms in total. The minimum absolute atomic E-state index is 0.00318. The minimum Gasteiger partial charge on any atom is -0.462 e. The molecule has 29 heavy (non-hydrogen) atoms. The first-order chi connectivity index (χ1) is 14.1. The molecule has 0 saturated carbocycles. The van der Waals surface area contributed by atoms with E-state index >= 15 is 0 Å². The van der Waals surface area contributed by atoms with Crippen LogP contribution < -0.4 is 10.2 Å². The van der Waals surface area contributed by atoms with Gasteiger partial charge in [0, 0.05) is 50.2 Å². The van der Waals surface area contributed by atoms with Crippen molar-refractivity contribution in [3.63, 3.8) is 0 Å². The highest BCUT2D eigenvalue weighted by Gasteiger charge is 2.19. The second-order valence-electron chi connectivity index (χ2n) is 7.98. The molecule has 1 amide bonds. The van der Waals surface area contributed by atoms with Gasteiger partial charge in [-0.05, 0) is 35.7 Å². The van der Waals surface area contributed by atoms with Crippen LogP contribution >= 0.6 is 0 Å². The number of para-hydroxylation sites is 1. The smallest absolute Gasteiger partial charge is 0.251 e. The number of furan rings is 1. The molecule has 0 unspecified atom stereocenters. The van der Waals surface area contributed by atoms with Crippen LogP contribution in [0.15, 0.2) is 59.2 Å². The van der Waals surface area contributed by atoms with E-state index < -0.39 is 0 Å². The summed E-state index contributed by atoms with van der Waals surface area (Å²) in [6.07, 6.45) is 1.75. The highest BCUT2D eigenvalue weighted by molar-refractivity contribution is 5.94. The molecule has 0 aliphatic carbocycles. The van der Waals surface area contributed by atoms with Crippen LogP contribution in [0.1, 0.15) is 35.7 Å². The SMILES string of the molecule is CC(C)c1ccc(C(=O)NCCN2CCN(c3cccc4ccoc34)CC2)cc1. The Morgan fingerprint density at radius 1 is 1.03 bits per heavy atom. The summed E-state index contributed by atoms with van der Waals surface area (Å²) < 4.78 is 5.68. The van der Waals surface area contributed by atoms with Gasteiger partial charge in [0.2, 0.25) is 0 Å². The van der Waals surface area contributed by atoms with Crippen molar-refractivity contribution in [2.45, 2.75) is 19.8 Å². The molecular weight excluding hydrogens is 362 g/mol. The number of piperazine rings is 1. The molecule has 1 aliphatic rings. The fourth-order valence-corrected chi connectivity index (χ4v) is 3.89. The predicted octanol–water partition coefficient (Wildman–Crippen LogP) is 4.11. The summed E-state index contributed by atoms with van der Waals surface area (Å²) in [7, 11) is 0. The number of carbonyl (C=O) groups is 1. The van der Waals surface area contributed by atoms with Gasteiger partial charge in [0.15, 0.2) is 5.58 Å². The zero-order valence-electron chi connectivity index (χ0n) is 17.2. The average molecular weight is 392 g/mol. The molecule has 1 aliphatic heterocycles. The van der Waals surface area contributed by atoms with E-state index in [1.165, 1.54) is 11.3 Å².